The summed E-state index contributed by atoms with van der Waals surface area (Å²) in [6.45, 7) is 1.99. The van der Waals surface area contributed by atoms with Crippen LogP contribution in [0, 0.1) is 0 Å². The molecule has 0 saturated heterocycles. The molecule has 4 aromatic rings. The summed E-state index contributed by atoms with van der Waals surface area (Å²) in [6, 6.07) is 15.7. The van der Waals surface area contributed by atoms with Gasteiger partial charge < -0.3 is 10.6 Å². The van der Waals surface area contributed by atoms with Crippen LogP contribution in [-0.4, -0.2) is 19.9 Å². The standard InChI is InChI=1S/C18H16N6OS/c1-11(12-5-3-2-4-6-12)20-16-22-17(24-18(25)23-16)21-13-7-8-14-15(9-13)26-10-19-14/h2-11H,1H3,(H3,20,21,22,23,24,25)/t11-/m0/s1. The van der Waals surface area contributed by atoms with Crippen LogP contribution in [0.15, 0.2) is 58.8 Å². The van der Waals surface area contributed by atoms with Crippen LogP contribution < -0.4 is 16.3 Å². The average Bonchev–Trinajstić information content (AvgIpc) is 3.09. The van der Waals surface area contributed by atoms with E-state index in [-0.39, 0.29) is 12.0 Å². The third-order valence-corrected chi connectivity index (χ3v) is 4.68. The second-order valence-corrected chi connectivity index (χ2v) is 6.65. The Kier molecular flexibility index (Phi) is 4.32. The lowest BCUT2D eigenvalue weighted by molar-refractivity contribution is 0.847. The molecule has 8 heteroatoms. The molecule has 2 heterocycles. The first-order chi connectivity index (χ1) is 12.7. The average molecular weight is 364 g/mol. The molecule has 26 heavy (non-hydrogen) atoms. The fourth-order valence-electron chi connectivity index (χ4n) is 2.60. The summed E-state index contributed by atoms with van der Waals surface area (Å²) in [7, 11) is 0. The van der Waals surface area contributed by atoms with Gasteiger partial charge >= 0.3 is 5.69 Å². The Labute approximate surface area is 153 Å². The summed E-state index contributed by atoms with van der Waals surface area (Å²) < 4.78 is 1.06. The molecule has 7 nitrogen and oxygen atoms in total. The van der Waals surface area contributed by atoms with E-state index in [1.807, 2.05) is 55.5 Å². The first kappa shape index (κ1) is 16.2. The number of rotatable bonds is 5. The topological polar surface area (TPSA) is 95.6 Å². The van der Waals surface area contributed by atoms with Crippen molar-refractivity contribution in [2.75, 3.05) is 10.6 Å². The summed E-state index contributed by atoms with van der Waals surface area (Å²) in [4.78, 5) is 27.0. The maximum absolute atomic E-state index is 11.9. The van der Waals surface area contributed by atoms with Crippen LogP contribution in [0.1, 0.15) is 18.5 Å². The number of thiazole rings is 1. The lowest BCUT2D eigenvalue weighted by Gasteiger charge is -2.14. The van der Waals surface area contributed by atoms with E-state index in [2.05, 4.69) is 30.6 Å². The van der Waals surface area contributed by atoms with Crippen molar-refractivity contribution in [2.45, 2.75) is 13.0 Å². The van der Waals surface area contributed by atoms with Gasteiger partial charge in [-0.1, -0.05) is 30.3 Å². The van der Waals surface area contributed by atoms with Crippen molar-refractivity contribution in [1.82, 2.24) is 19.9 Å². The number of fused-ring (bicyclic) bond motifs is 1. The lowest BCUT2D eigenvalue weighted by Crippen LogP contribution is -2.19. The Morgan fingerprint density at radius 2 is 1.96 bits per heavy atom. The zero-order chi connectivity index (χ0) is 17.9. The van der Waals surface area contributed by atoms with E-state index >= 15 is 0 Å². The van der Waals surface area contributed by atoms with E-state index in [0.717, 1.165) is 21.5 Å². The minimum atomic E-state index is -0.468. The molecule has 1 atom stereocenters. The van der Waals surface area contributed by atoms with Gasteiger partial charge in [-0.15, -0.1) is 11.3 Å². The molecule has 0 aliphatic carbocycles. The first-order valence-electron chi connectivity index (χ1n) is 8.07. The molecule has 2 aromatic carbocycles. The molecule has 2 aromatic heterocycles. The van der Waals surface area contributed by atoms with E-state index in [0.29, 0.717) is 5.95 Å². The number of hydrogen-bond donors (Lipinski definition) is 3. The highest BCUT2D eigenvalue weighted by atomic mass is 32.1. The van der Waals surface area contributed by atoms with E-state index in [9.17, 15) is 4.79 Å². The molecule has 0 radical (unpaired) electrons. The molecule has 3 N–H and O–H groups in total. The molecule has 0 unspecified atom stereocenters. The van der Waals surface area contributed by atoms with Crippen LogP contribution in [0.25, 0.3) is 10.2 Å². The molecule has 0 bridgehead atoms. The van der Waals surface area contributed by atoms with Crippen molar-refractivity contribution in [3.8, 4) is 0 Å². The minimum absolute atomic E-state index is 0.0283. The molecule has 0 amide bonds. The van der Waals surface area contributed by atoms with E-state index in [1.165, 1.54) is 0 Å². The lowest BCUT2D eigenvalue weighted by atomic mass is 10.1. The maximum atomic E-state index is 11.9. The third-order valence-electron chi connectivity index (χ3n) is 3.89. The quantitative estimate of drug-likeness (QED) is 0.500. The number of nitrogens with one attached hydrogen (secondary N) is 3. The van der Waals surface area contributed by atoms with Crippen LogP contribution in [0.2, 0.25) is 0 Å². The first-order valence-corrected chi connectivity index (χ1v) is 8.95. The van der Waals surface area contributed by atoms with Gasteiger partial charge in [0.05, 0.1) is 21.8 Å². The molecular weight excluding hydrogens is 348 g/mol. The molecule has 0 aliphatic rings. The van der Waals surface area contributed by atoms with Gasteiger partial charge in [0.25, 0.3) is 0 Å². The number of aromatic amines is 1. The SMILES string of the molecule is C[C@H](Nc1nc(Nc2ccc3ncsc3c2)[nH]c(=O)n1)c1ccccc1. The van der Waals surface area contributed by atoms with Gasteiger partial charge in [0.15, 0.2) is 0 Å². The Morgan fingerprint density at radius 1 is 1.12 bits per heavy atom. The van der Waals surface area contributed by atoms with Gasteiger partial charge in [-0.3, -0.25) is 4.98 Å². The summed E-state index contributed by atoms with van der Waals surface area (Å²) in [5.74, 6) is 0.600. The van der Waals surface area contributed by atoms with Crippen LogP contribution in [0.5, 0.6) is 0 Å². The van der Waals surface area contributed by atoms with Gasteiger partial charge in [0.2, 0.25) is 11.9 Å². The zero-order valence-corrected chi connectivity index (χ0v) is 14.7. The van der Waals surface area contributed by atoms with Gasteiger partial charge in [0.1, 0.15) is 0 Å². The fraction of sp³-hybridized carbons (Fsp3) is 0.111. The Bertz CT molecular complexity index is 1090. The van der Waals surface area contributed by atoms with Gasteiger partial charge in [-0.25, -0.2) is 9.78 Å². The van der Waals surface area contributed by atoms with Crippen LogP contribution >= 0.6 is 11.3 Å². The van der Waals surface area contributed by atoms with Gasteiger partial charge in [0, 0.05) is 5.69 Å². The molecule has 130 valence electrons. The fourth-order valence-corrected chi connectivity index (χ4v) is 3.31. The smallest absolute Gasteiger partial charge is 0.347 e. The molecule has 0 saturated carbocycles. The van der Waals surface area contributed by atoms with Crippen molar-refractivity contribution in [3.05, 3.63) is 70.1 Å². The summed E-state index contributed by atoms with van der Waals surface area (Å²) in [5.41, 5.74) is 4.17. The highest BCUT2D eigenvalue weighted by Crippen LogP contribution is 2.23. The Balaban J connectivity index is 1.56. The van der Waals surface area contributed by atoms with Crippen molar-refractivity contribution < 1.29 is 0 Å². The second-order valence-electron chi connectivity index (χ2n) is 5.76. The molecular formula is C18H16N6OS. The van der Waals surface area contributed by atoms with Gasteiger partial charge in [-0.2, -0.15) is 9.97 Å². The predicted molar refractivity (Wildman–Crippen MR) is 104 cm³/mol. The summed E-state index contributed by atoms with van der Waals surface area (Å²) >= 11 is 1.56. The Morgan fingerprint density at radius 3 is 2.81 bits per heavy atom. The predicted octanol–water partition coefficient (Wildman–Crippen LogP) is 3.69. The van der Waals surface area contributed by atoms with Crippen molar-refractivity contribution in [2.24, 2.45) is 0 Å². The normalized spacial score (nSPS) is 12.0. The van der Waals surface area contributed by atoms with Crippen molar-refractivity contribution in [3.63, 3.8) is 0 Å². The summed E-state index contributed by atoms with van der Waals surface area (Å²) in [6.07, 6.45) is 0. The largest absolute Gasteiger partial charge is 0.351 e. The molecule has 0 aliphatic heterocycles. The van der Waals surface area contributed by atoms with Crippen LogP contribution in [0.4, 0.5) is 17.6 Å². The number of hydrogen-bond acceptors (Lipinski definition) is 7. The Hall–Kier alpha value is -3.26. The van der Waals surface area contributed by atoms with Crippen molar-refractivity contribution in [1.29, 1.82) is 0 Å². The summed E-state index contributed by atoms with van der Waals surface area (Å²) in [5, 5.41) is 6.27. The number of anilines is 3. The number of H-pyrrole nitrogens is 1. The number of benzene rings is 2. The highest BCUT2D eigenvalue weighted by molar-refractivity contribution is 7.16. The molecule has 0 fully saturated rings. The molecule has 4 rings (SSSR count). The van der Waals surface area contributed by atoms with Crippen LogP contribution in [0.3, 0.4) is 0 Å². The second kappa shape index (κ2) is 6.93. The number of nitrogens with zero attached hydrogens (tertiary/aromatic N) is 3. The molecule has 0 spiro atoms. The van der Waals surface area contributed by atoms with E-state index in [4.69, 9.17) is 0 Å². The third kappa shape index (κ3) is 3.55. The van der Waals surface area contributed by atoms with Crippen LogP contribution in [-0.2, 0) is 0 Å². The minimum Gasteiger partial charge on any atom is -0.347 e. The monoisotopic (exact) mass is 364 g/mol. The highest BCUT2D eigenvalue weighted by Gasteiger charge is 2.09. The number of aromatic nitrogens is 4. The maximum Gasteiger partial charge on any atom is 0.351 e. The zero-order valence-electron chi connectivity index (χ0n) is 13.9. The van der Waals surface area contributed by atoms with E-state index in [1.54, 1.807) is 16.8 Å². The van der Waals surface area contributed by atoms with Gasteiger partial charge in [-0.05, 0) is 30.7 Å². The van der Waals surface area contributed by atoms with E-state index < -0.39 is 5.69 Å². The van der Waals surface area contributed by atoms with Crippen molar-refractivity contribution >= 4 is 39.1 Å².